The molecule has 0 atom stereocenters. The van der Waals surface area contributed by atoms with Crippen LogP contribution in [0.3, 0.4) is 0 Å². The van der Waals surface area contributed by atoms with Crippen molar-refractivity contribution in [1.29, 1.82) is 0 Å². The van der Waals surface area contributed by atoms with Gasteiger partial charge in [-0.1, -0.05) is 63.9 Å². The van der Waals surface area contributed by atoms with Crippen LogP contribution >= 0.6 is 0 Å². The Balaban J connectivity index is 2.33. The van der Waals surface area contributed by atoms with Crippen LogP contribution in [0.15, 0.2) is 47.4 Å². The second kappa shape index (κ2) is 10.5. The summed E-state index contributed by atoms with van der Waals surface area (Å²) in [6, 6.07) is 13.5. The van der Waals surface area contributed by atoms with E-state index in [1.54, 1.807) is 13.0 Å². The minimum Gasteiger partial charge on any atom is -0.371 e. The lowest BCUT2D eigenvalue weighted by Gasteiger charge is -2.29. The van der Waals surface area contributed by atoms with Gasteiger partial charge in [-0.15, -0.1) is 5.10 Å². The first-order valence-electron chi connectivity index (χ1n) is 11.0. The lowest BCUT2D eigenvalue weighted by molar-refractivity contribution is 0.597. The normalized spacial score (nSPS) is 11.6. The summed E-state index contributed by atoms with van der Waals surface area (Å²) in [5.74, 6) is 0.480. The lowest BCUT2D eigenvalue weighted by Crippen LogP contribution is -2.27. The number of nitrogens with zero attached hydrogens (tertiary/aromatic N) is 4. The Bertz CT molecular complexity index is 1060. The number of hydrogen-bond donors (Lipinski definition) is 1. The van der Waals surface area contributed by atoms with Gasteiger partial charge in [0.15, 0.2) is 15.7 Å². The van der Waals surface area contributed by atoms with E-state index in [1.165, 1.54) is 0 Å². The van der Waals surface area contributed by atoms with E-state index in [0.717, 1.165) is 55.6 Å². The molecule has 0 fully saturated rings. The Morgan fingerprint density at radius 3 is 2.16 bits per heavy atom. The zero-order valence-electron chi connectivity index (χ0n) is 18.5. The van der Waals surface area contributed by atoms with Gasteiger partial charge in [-0.2, -0.15) is 0 Å². The zero-order valence-corrected chi connectivity index (χ0v) is 19.3. The van der Waals surface area contributed by atoms with Gasteiger partial charge in [0, 0.05) is 29.9 Å². The van der Waals surface area contributed by atoms with E-state index < -0.39 is 9.84 Å². The fraction of sp³-hybridized carbons (Fsp3) is 0.435. The van der Waals surface area contributed by atoms with E-state index in [-0.39, 0.29) is 5.75 Å². The number of H-pyrrole nitrogens is 1. The molecule has 0 unspecified atom stereocenters. The third-order valence-corrected chi connectivity index (χ3v) is 7.13. The highest BCUT2D eigenvalue weighted by molar-refractivity contribution is 7.91. The molecule has 31 heavy (non-hydrogen) atoms. The van der Waals surface area contributed by atoms with Crippen molar-refractivity contribution in [2.45, 2.75) is 51.3 Å². The third-order valence-electron chi connectivity index (χ3n) is 5.38. The Morgan fingerprint density at radius 2 is 1.61 bits per heavy atom. The molecule has 0 saturated carbocycles. The molecule has 0 aliphatic rings. The molecular formula is C23H31N5O2S. The average molecular weight is 442 g/mol. The Kier molecular flexibility index (Phi) is 7.79. The average Bonchev–Trinajstić information content (AvgIpc) is 3.34. The highest BCUT2D eigenvalue weighted by Crippen LogP contribution is 2.40. The van der Waals surface area contributed by atoms with Crippen molar-refractivity contribution in [3.05, 3.63) is 42.5 Å². The largest absolute Gasteiger partial charge is 0.371 e. The number of benzene rings is 2. The van der Waals surface area contributed by atoms with Gasteiger partial charge in [0.2, 0.25) is 0 Å². The molecule has 0 radical (unpaired) electrons. The second-order valence-electron chi connectivity index (χ2n) is 7.58. The fourth-order valence-corrected chi connectivity index (χ4v) is 4.77. The minimum atomic E-state index is -3.50. The van der Waals surface area contributed by atoms with Crippen LogP contribution in [0.5, 0.6) is 0 Å². The smallest absolute Gasteiger partial charge is 0.179 e. The molecule has 166 valence electrons. The summed E-state index contributed by atoms with van der Waals surface area (Å²) in [5, 5.41) is 14.2. The first-order valence-corrected chi connectivity index (χ1v) is 12.6. The molecular weight excluding hydrogens is 410 g/mol. The third kappa shape index (κ3) is 5.31. The maximum atomic E-state index is 13.2. The van der Waals surface area contributed by atoms with Gasteiger partial charge in [0.1, 0.15) is 0 Å². The van der Waals surface area contributed by atoms with Crippen molar-refractivity contribution in [1.82, 2.24) is 20.6 Å². The lowest BCUT2D eigenvalue weighted by atomic mass is 9.99. The summed E-state index contributed by atoms with van der Waals surface area (Å²) in [6.45, 7) is 7.73. The number of aromatic amines is 1. The first-order chi connectivity index (χ1) is 15.0. The van der Waals surface area contributed by atoms with Gasteiger partial charge >= 0.3 is 0 Å². The quantitative estimate of drug-likeness (QED) is 0.462. The van der Waals surface area contributed by atoms with Gasteiger partial charge in [-0.05, 0) is 41.0 Å². The number of tetrazole rings is 1. The Labute approximate surface area is 184 Å². The molecule has 3 aromatic rings. The van der Waals surface area contributed by atoms with Crippen LogP contribution in [-0.4, -0.2) is 47.9 Å². The van der Waals surface area contributed by atoms with Crippen LogP contribution < -0.4 is 4.90 Å². The number of aromatic nitrogens is 4. The molecule has 1 N–H and O–H groups in total. The summed E-state index contributed by atoms with van der Waals surface area (Å²) in [7, 11) is -3.50. The van der Waals surface area contributed by atoms with Crippen LogP contribution in [0.4, 0.5) is 5.69 Å². The molecule has 0 aliphatic carbocycles. The standard InChI is InChI=1S/C23H31N5O2S/c1-4-7-14-28(15-8-5-2)20-16-19(23-24-26-27-25-23)17-21(31(29,30)6-3)22(20)18-12-10-9-11-13-18/h9-13,16-17H,4-8,14-15H2,1-3H3,(H,24,25,26,27). The van der Waals surface area contributed by atoms with Crippen molar-refractivity contribution in [2.75, 3.05) is 23.7 Å². The predicted octanol–water partition coefficient (Wildman–Crippen LogP) is 4.73. The molecule has 2 aromatic carbocycles. The molecule has 0 aliphatic heterocycles. The highest BCUT2D eigenvalue weighted by Gasteiger charge is 2.25. The second-order valence-corrected chi connectivity index (χ2v) is 9.83. The van der Waals surface area contributed by atoms with Crippen molar-refractivity contribution >= 4 is 15.5 Å². The van der Waals surface area contributed by atoms with Crippen molar-refractivity contribution in [3.63, 3.8) is 0 Å². The van der Waals surface area contributed by atoms with Crippen LogP contribution in [0.25, 0.3) is 22.5 Å². The maximum absolute atomic E-state index is 13.2. The van der Waals surface area contributed by atoms with Gasteiger partial charge in [-0.3, -0.25) is 0 Å². The summed E-state index contributed by atoms with van der Waals surface area (Å²) < 4.78 is 26.5. The number of hydrogen-bond acceptors (Lipinski definition) is 6. The monoisotopic (exact) mass is 441 g/mol. The molecule has 0 bridgehead atoms. The van der Waals surface area contributed by atoms with Crippen molar-refractivity contribution in [3.8, 4) is 22.5 Å². The number of unbranched alkanes of at least 4 members (excludes halogenated alkanes) is 2. The van der Waals surface area contributed by atoms with Crippen LogP contribution in [0, 0.1) is 0 Å². The summed E-state index contributed by atoms with van der Waals surface area (Å²) in [4.78, 5) is 2.64. The molecule has 0 saturated heterocycles. The van der Waals surface area contributed by atoms with E-state index in [1.807, 2.05) is 36.4 Å². The minimum absolute atomic E-state index is 0.0221. The number of nitrogens with one attached hydrogen (secondary N) is 1. The SMILES string of the molecule is CCCCN(CCCC)c1cc(-c2nnn[nH]2)cc(S(=O)(=O)CC)c1-c1ccccc1. The zero-order chi connectivity index (χ0) is 22.3. The van der Waals surface area contributed by atoms with E-state index >= 15 is 0 Å². The van der Waals surface area contributed by atoms with Crippen molar-refractivity contribution < 1.29 is 8.42 Å². The van der Waals surface area contributed by atoms with Crippen LogP contribution in [0.2, 0.25) is 0 Å². The molecule has 8 heteroatoms. The number of sulfone groups is 1. The first kappa shape index (κ1) is 22.9. The van der Waals surface area contributed by atoms with Gasteiger partial charge in [-0.25, -0.2) is 13.5 Å². The molecule has 1 aromatic heterocycles. The fourth-order valence-electron chi connectivity index (χ4n) is 3.61. The van der Waals surface area contributed by atoms with Crippen molar-refractivity contribution in [2.24, 2.45) is 0 Å². The molecule has 0 amide bonds. The van der Waals surface area contributed by atoms with Crippen LogP contribution in [-0.2, 0) is 9.84 Å². The summed E-state index contributed by atoms with van der Waals surface area (Å²) >= 11 is 0. The van der Waals surface area contributed by atoms with E-state index in [9.17, 15) is 8.42 Å². The Hall–Kier alpha value is -2.74. The molecule has 3 rings (SSSR count). The Morgan fingerprint density at radius 1 is 0.935 bits per heavy atom. The summed E-state index contributed by atoms with van der Waals surface area (Å²) in [6.07, 6.45) is 4.19. The predicted molar refractivity (Wildman–Crippen MR) is 125 cm³/mol. The van der Waals surface area contributed by atoms with E-state index in [2.05, 4.69) is 39.4 Å². The number of anilines is 1. The van der Waals surface area contributed by atoms with Gasteiger partial charge in [0.25, 0.3) is 0 Å². The number of rotatable bonds is 11. The van der Waals surface area contributed by atoms with E-state index in [4.69, 9.17) is 0 Å². The topological polar surface area (TPSA) is 91.8 Å². The molecule has 0 spiro atoms. The van der Waals surface area contributed by atoms with E-state index in [0.29, 0.717) is 16.3 Å². The van der Waals surface area contributed by atoms with Gasteiger partial charge < -0.3 is 4.90 Å². The highest BCUT2D eigenvalue weighted by atomic mass is 32.2. The molecule has 7 nitrogen and oxygen atoms in total. The summed E-state index contributed by atoms with van der Waals surface area (Å²) in [5.41, 5.74) is 3.23. The van der Waals surface area contributed by atoms with Crippen LogP contribution in [0.1, 0.15) is 46.5 Å². The maximum Gasteiger partial charge on any atom is 0.179 e. The van der Waals surface area contributed by atoms with Gasteiger partial charge in [0.05, 0.1) is 10.6 Å². The molecule has 1 heterocycles.